The van der Waals surface area contributed by atoms with E-state index < -0.39 is 66.3 Å². The van der Waals surface area contributed by atoms with Crippen LogP contribution < -0.4 is 0 Å². The van der Waals surface area contributed by atoms with Crippen LogP contribution in [0.15, 0.2) is 23.8 Å². The van der Waals surface area contributed by atoms with Crippen molar-refractivity contribution in [3.8, 4) is 0 Å². The number of aliphatic hydroxyl groups is 7. The number of hydrogen-bond acceptors (Lipinski definition) is 10. The molecule has 0 aromatic rings. The van der Waals surface area contributed by atoms with Gasteiger partial charge in [-0.2, -0.15) is 0 Å². The van der Waals surface area contributed by atoms with Gasteiger partial charge in [0.2, 0.25) is 6.29 Å². The highest BCUT2D eigenvalue weighted by atomic mass is 16.7. The van der Waals surface area contributed by atoms with Crippen LogP contribution in [-0.2, 0) is 14.3 Å². The molecule has 5 fully saturated rings. The fourth-order valence-electron chi connectivity index (χ4n) is 12.1. The highest BCUT2D eigenvalue weighted by Crippen LogP contribution is 2.75. The SMILES string of the molecule is C=C1CC[C@]2(C(=O)O[C@@H]3O[C@H](CO)[C@@H](O)[C@H](O)[C@H]3O)CC[C@]3(C)C(=CC[C@@H]4[C@@]5(C)C[C@@H](O)[C@@H](O)[C@](C)(CO)[C@@H]5CC[C@]43C)[C@@H]2[C@H]1C. The second-order valence-electron chi connectivity index (χ2n) is 16.9. The third kappa shape index (κ3) is 4.40. The average Bonchev–Trinajstić information content (AvgIpc) is 3.02. The lowest BCUT2D eigenvalue weighted by Gasteiger charge is -2.71. The molecule has 0 bridgehead atoms. The molecule has 1 saturated heterocycles. The minimum Gasteiger partial charge on any atom is -0.432 e. The van der Waals surface area contributed by atoms with Crippen molar-refractivity contribution in [2.75, 3.05) is 13.2 Å². The number of allylic oxidation sites excluding steroid dienone is 3. The first-order valence-electron chi connectivity index (χ1n) is 17.3. The molecular formula is C36H56O10. The van der Waals surface area contributed by atoms with Crippen molar-refractivity contribution >= 4 is 5.97 Å². The zero-order valence-electron chi connectivity index (χ0n) is 28.1. The summed E-state index contributed by atoms with van der Waals surface area (Å²) in [5, 5.41) is 73.7. The van der Waals surface area contributed by atoms with E-state index in [1.165, 1.54) is 5.57 Å². The minimum absolute atomic E-state index is 0.0154. The average molecular weight is 649 g/mol. The standard InChI is InChI=1S/C36H56O10/c1-18-9-12-36(31(44)46-30-28(42)27(41)26(40)22(16-37)45-30)14-13-34(5)20(25(36)19(18)2)7-8-24-32(3)15-21(39)29(43)33(4,17-38)23(32)10-11-35(24,34)6/h7,19,21-30,37-43H,1,8-17H2,2-6H3/t19-,21+,22+,23+,24+,25-,26+,27-,28+,29+,30-,32-,33+,34+,35+,36-/m0/s1. The van der Waals surface area contributed by atoms with Gasteiger partial charge in [-0.15, -0.1) is 0 Å². The normalized spacial score (nSPS) is 55.3. The molecule has 16 atom stereocenters. The lowest BCUT2D eigenvalue weighted by molar-refractivity contribution is -0.297. The maximum absolute atomic E-state index is 14.4. The van der Waals surface area contributed by atoms with Crippen molar-refractivity contribution in [1.82, 2.24) is 0 Å². The van der Waals surface area contributed by atoms with Gasteiger partial charge >= 0.3 is 5.97 Å². The van der Waals surface area contributed by atoms with E-state index in [1.54, 1.807) is 0 Å². The van der Waals surface area contributed by atoms with E-state index >= 15 is 0 Å². The molecule has 0 aromatic heterocycles. The Bertz CT molecular complexity index is 1270. The minimum atomic E-state index is -1.67. The summed E-state index contributed by atoms with van der Waals surface area (Å²) in [5.41, 5.74) is -0.152. The Hall–Kier alpha value is -1.37. The molecule has 10 heteroatoms. The van der Waals surface area contributed by atoms with Crippen LogP contribution >= 0.6 is 0 Å². The van der Waals surface area contributed by atoms with Gasteiger partial charge in [0.15, 0.2) is 0 Å². The second-order valence-corrected chi connectivity index (χ2v) is 16.9. The van der Waals surface area contributed by atoms with E-state index in [-0.39, 0.29) is 46.5 Å². The van der Waals surface area contributed by atoms with Crippen LogP contribution in [0, 0.1) is 50.7 Å². The summed E-state index contributed by atoms with van der Waals surface area (Å²) in [6.45, 7) is 14.6. The largest absolute Gasteiger partial charge is 0.432 e. The summed E-state index contributed by atoms with van der Waals surface area (Å²) in [5.74, 6) is -0.482. The first-order chi connectivity index (χ1) is 21.5. The highest BCUT2D eigenvalue weighted by molar-refractivity contribution is 5.79. The molecular weight excluding hydrogens is 592 g/mol. The number of ether oxygens (including phenoxy) is 2. The van der Waals surface area contributed by atoms with Crippen molar-refractivity contribution in [1.29, 1.82) is 0 Å². The molecule has 7 N–H and O–H groups in total. The topological polar surface area (TPSA) is 177 Å². The van der Waals surface area contributed by atoms with Gasteiger partial charge in [-0.05, 0) is 85.4 Å². The Morgan fingerprint density at radius 3 is 2.33 bits per heavy atom. The number of aliphatic hydroxyl groups excluding tert-OH is 7. The lowest BCUT2D eigenvalue weighted by atomic mass is 9.33. The van der Waals surface area contributed by atoms with Gasteiger partial charge in [0.1, 0.15) is 24.4 Å². The number of hydrogen-bond donors (Lipinski definition) is 7. The molecule has 6 aliphatic rings. The molecule has 1 heterocycles. The number of carbonyl (C=O) groups is 1. The van der Waals surface area contributed by atoms with Crippen molar-refractivity contribution in [2.24, 2.45) is 50.7 Å². The molecule has 0 aromatic carbocycles. The van der Waals surface area contributed by atoms with Crippen LogP contribution in [0.25, 0.3) is 0 Å². The fourth-order valence-corrected chi connectivity index (χ4v) is 12.1. The van der Waals surface area contributed by atoms with E-state index in [0.717, 1.165) is 31.3 Å². The van der Waals surface area contributed by atoms with Crippen molar-refractivity contribution in [2.45, 2.75) is 129 Å². The molecule has 0 spiro atoms. The van der Waals surface area contributed by atoms with Crippen LogP contribution in [0.5, 0.6) is 0 Å². The van der Waals surface area contributed by atoms with Gasteiger partial charge in [-0.1, -0.05) is 58.4 Å². The monoisotopic (exact) mass is 648 g/mol. The molecule has 0 amide bonds. The van der Waals surface area contributed by atoms with E-state index in [0.29, 0.717) is 25.7 Å². The molecule has 0 radical (unpaired) electrons. The molecule has 10 nitrogen and oxygen atoms in total. The number of fused-ring (bicyclic) bond motifs is 7. The predicted molar refractivity (Wildman–Crippen MR) is 168 cm³/mol. The Kier molecular flexibility index (Phi) is 8.50. The van der Waals surface area contributed by atoms with Gasteiger partial charge in [-0.25, -0.2) is 0 Å². The van der Waals surface area contributed by atoms with Crippen molar-refractivity contribution in [3.05, 3.63) is 23.8 Å². The van der Waals surface area contributed by atoms with E-state index in [4.69, 9.17) is 9.47 Å². The zero-order chi connectivity index (χ0) is 33.8. The highest BCUT2D eigenvalue weighted by Gasteiger charge is 2.71. The quantitative estimate of drug-likeness (QED) is 0.177. The maximum atomic E-state index is 14.4. The van der Waals surface area contributed by atoms with Gasteiger partial charge in [-0.3, -0.25) is 4.79 Å². The van der Waals surface area contributed by atoms with E-state index in [2.05, 4.69) is 40.3 Å². The number of rotatable bonds is 4. The van der Waals surface area contributed by atoms with Gasteiger partial charge in [0, 0.05) is 11.3 Å². The van der Waals surface area contributed by atoms with Crippen molar-refractivity contribution in [3.63, 3.8) is 0 Å². The van der Waals surface area contributed by atoms with E-state index in [1.807, 2.05) is 6.92 Å². The second kappa shape index (κ2) is 11.3. The third-order valence-electron chi connectivity index (χ3n) is 15.1. The zero-order valence-corrected chi connectivity index (χ0v) is 28.1. The lowest BCUT2D eigenvalue weighted by Crippen LogP contribution is -2.68. The maximum Gasteiger partial charge on any atom is 0.315 e. The van der Waals surface area contributed by atoms with Gasteiger partial charge in [0.05, 0.1) is 30.8 Å². The Labute approximate surface area is 272 Å². The van der Waals surface area contributed by atoms with Crippen LogP contribution in [0.2, 0.25) is 0 Å². The molecule has 0 unspecified atom stereocenters. The van der Waals surface area contributed by atoms with Crippen molar-refractivity contribution < 1.29 is 50.0 Å². The molecule has 4 saturated carbocycles. The van der Waals surface area contributed by atoms with Gasteiger partial charge in [0.25, 0.3) is 0 Å². The molecule has 6 rings (SSSR count). The Balaban J connectivity index is 1.37. The number of carbonyl (C=O) groups excluding carboxylic acids is 1. The van der Waals surface area contributed by atoms with E-state index in [9.17, 15) is 40.5 Å². The molecule has 46 heavy (non-hydrogen) atoms. The Morgan fingerprint density at radius 1 is 0.978 bits per heavy atom. The number of esters is 1. The van der Waals surface area contributed by atoms with Crippen LogP contribution in [0.3, 0.4) is 0 Å². The van der Waals surface area contributed by atoms with Crippen LogP contribution in [-0.4, -0.2) is 97.8 Å². The molecule has 1 aliphatic heterocycles. The summed E-state index contributed by atoms with van der Waals surface area (Å²) < 4.78 is 11.5. The fraction of sp³-hybridized carbons (Fsp3) is 0.861. The Morgan fingerprint density at radius 2 is 1.67 bits per heavy atom. The first kappa shape index (κ1) is 34.5. The summed E-state index contributed by atoms with van der Waals surface area (Å²) in [4.78, 5) is 14.4. The summed E-state index contributed by atoms with van der Waals surface area (Å²) >= 11 is 0. The van der Waals surface area contributed by atoms with Crippen LogP contribution in [0.4, 0.5) is 0 Å². The molecule has 5 aliphatic carbocycles. The first-order valence-corrected chi connectivity index (χ1v) is 17.3. The summed E-state index contributed by atoms with van der Waals surface area (Å²) in [6.07, 6.45) is -1.70. The van der Waals surface area contributed by atoms with Gasteiger partial charge < -0.3 is 45.2 Å². The predicted octanol–water partition coefficient (Wildman–Crippen LogP) is 2.21. The van der Waals surface area contributed by atoms with Crippen LogP contribution in [0.1, 0.15) is 86.0 Å². The summed E-state index contributed by atoms with van der Waals surface area (Å²) in [6, 6.07) is 0. The summed E-state index contributed by atoms with van der Waals surface area (Å²) in [7, 11) is 0. The molecule has 260 valence electrons. The third-order valence-corrected chi connectivity index (χ3v) is 15.1. The smallest absolute Gasteiger partial charge is 0.315 e.